The van der Waals surface area contributed by atoms with Crippen LogP contribution in [0.1, 0.15) is 20.8 Å². The van der Waals surface area contributed by atoms with E-state index in [1.165, 1.54) is 0 Å². The van der Waals surface area contributed by atoms with E-state index in [-0.39, 0.29) is 0 Å². The van der Waals surface area contributed by atoms with Crippen LogP contribution in [0.3, 0.4) is 0 Å². The molecule has 1 aromatic rings. The first kappa shape index (κ1) is 12.4. The summed E-state index contributed by atoms with van der Waals surface area (Å²) >= 11 is 0. The molecule has 4 nitrogen and oxygen atoms in total. The maximum atomic E-state index is 11.4. The minimum absolute atomic E-state index is 0.485. The van der Waals surface area contributed by atoms with Gasteiger partial charge in [-0.2, -0.15) is 0 Å². The molecule has 0 heterocycles. The van der Waals surface area contributed by atoms with Crippen molar-refractivity contribution in [3.63, 3.8) is 0 Å². The molecule has 4 heteroatoms. The summed E-state index contributed by atoms with van der Waals surface area (Å²) in [7, 11) is 1.54. The van der Waals surface area contributed by atoms with Crippen LogP contribution in [0.15, 0.2) is 18.2 Å². The molecule has 0 aromatic heterocycles. The Hall–Kier alpha value is -1.71. The highest BCUT2D eigenvalue weighted by atomic mass is 16.6. The number of nitrogens with one attached hydrogen (secondary N) is 1. The first-order chi connectivity index (χ1) is 7.40. The van der Waals surface area contributed by atoms with Gasteiger partial charge in [-0.25, -0.2) is 4.79 Å². The molecule has 1 aromatic carbocycles. The third kappa shape index (κ3) is 4.21. The molecular formula is C12H16NO3. The Morgan fingerprint density at radius 2 is 2.12 bits per heavy atom. The van der Waals surface area contributed by atoms with E-state index in [1.54, 1.807) is 25.3 Å². The number of amides is 1. The van der Waals surface area contributed by atoms with Crippen LogP contribution in [-0.2, 0) is 4.74 Å². The zero-order chi connectivity index (χ0) is 12.2. The zero-order valence-corrected chi connectivity index (χ0v) is 9.96. The third-order valence-electron chi connectivity index (χ3n) is 1.64. The Kier molecular flexibility index (Phi) is 3.77. The number of anilines is 1. The Balaban J connectivity index is 2.62. The molecule has 0 fully saturated rings. The lowest BCUT2D eigenvalue weighted by atomic mass is 10.2. The van der Waals surface area contributed by atoms with Crippen molar-refractivity contribution in [2.45, 2.75) is 26.4 Å². The summed E-state index contributed by atoms with van der Waals surface area (Å²) in [6.07, 6.45) is -0.485. The molecule has 0 saturated heterocycles. The van der Waals surface area contributed by atoms with Crippen molar-refractivity contribution in [3.8, 4) is 5.75 Å². The van der Waals surface area contributed by atoms with Gasteiger partial charge in [-0.3, -0.25) is 5.32 Å². The topological polar surface area (TPSA) is 47.6 Å². The van der Waals surface area contributed by atoms with Crippen LogP contribution in [0.2, 0.25) is 0 Å². The molecule has 0 spiro atoms. The number of methoxy groups -OCH3 is 1. The number of carbonyl (C=O) groups is 1. The Morgan fingerprint density at radius 3 is 2.69 bits per heavy atom. The summed E-state index contributed by atoms with van der Waals surface area (Å²) in [4.78, 5) is 11.4. The zero-order valence-electron chi connectivity index (χ0n) is 9.96. The highest BCUT2D eigenvalue weighted by Crippen LogP contribution is 2.17. The highest BCUT2D eigenvalue weighted by Gasteiger charge is 2.16. The van der Waals surface area contributed by atoms with Gasteiger partial charge in [-0.05, 0) is 32.9 Å². The minimum atomic E-state index is -0.505. The second kappa shape index (κ2) is 4.88. The fourth-order valence-corrected chi connectivity index (χ4v) is 1.06. The minimum Gasteiger partial charge on any atom is -0.496 e. The van der Waals surface area contributed by atoms with Gasteiger partial charge in [-0.1, -0.05) is 0 Å². The van der Waals surface area contributed by atoms with Gasteiger partial charge in [0.1, 0.15) is 11.4 Å². The third-order valence-corrected chi connectivity index (χ3v) is 1.64. The number of ether oxygens (including phenoxy) is 2. The van der Waals surface area contributed by atoms with Gasteiger partial charge in [0.15, 0.2) is 0 Å². The molecule has 0 atom stereocenters. The number of benzene rings is 1. The van der Waals surface area contributed by atoms with Crippen LogP contribution >= 0.6 is 0 Å². The van der Waals surface area contributed by atoms with E-state index in [2.05, 4.69) is 11.4 Å². The van der Waals surface area contributed by atoms with Crippen molar-refractivity contribution in [1.29, 1.82) is 0 Å². The summed E-state index contributed by atoms with van der Waals surface area (Å²) in [5.74, 6) is 0.563. The van der Waals surface area contributed by atoms with E-state index in [4.69, 9.17) is 9.47 Å². The Bertz CT molecular complexity index is 369. The Labute approximate surface area is 95.6 Å². The summed E-state index contributed by atoms with van der Waals surface area (Å²) in [5, 5.41) is 2.61. The molecule has 0 unspecified atom stereocenters. The van der Waals surface area contributed by atoms with Crippen LogP contribution < -0.4 is 10.1 Å². The number of carbonyl (C=O) groups excluding carboxylic acids is 1. The van der Waals surface area contributed by atoms with Crippen LogP contribution in [0, 0.1) is 6.07 Å². The van der Waals surface area contributed by atoms with Crippen molar-refractivity contribution in [1.82, 2.24) is 0 Å². The fourth-order valence-electron chi connectivity index (χ4n) is 1.06. The monoisotopic (exact) mass is 222 g/mol. The lowest BCUT2D eigenvalue weighted by molar-refractivity contribution is 0.0636. The normalized spacial score (nSPS) is 10.8. The van der Waals surface area contributed by atoms with E-state index in [0.29, 0.717) is 11.4 Å². The lowest BCUT2D eigenvalue weighted by Gasteiger charge is -2.19. The van der Waals surface area contributed by atoms with Gasteiger partial charge in [0.25, 0.3) is 0 Å². The molecule has 0 aliphatic carbocycles. The first-order valence-corrected chi connectivity index (χ1v) is 4.96. The number of hydrogen-bond acceptors (Lipinski definition) is 3. The second-order valence-electron chi connectivity index (χ2n) is 4.27. The van der Waals surface area contributed by atoms with Gasteiger partial charge in [0.05, 0.1) is 7.11 Å². The highest BCUT2D eigenvalue weighted by molar-refractivity contribution is 5.85. The van der Waals surface area contributed by atoms with Crippen LogP contribution in [-0.4, -0.2) is 18.8 Å². The standard InChI is InChI=1S/C12H16NO3/c1-12(2,3)16-11(14)13-9-6-5-7-10(8-9)15-4/h5-6,8H,1-4H3,(H,13,14). The van der Waals surface area contributed by atoms with Crippen molar-refractivity contribution < 1.29 is 14.3 Å². The van der Waals surface area contributed by atoms with Crippen molar-refractivity contribution in [2.75, 3.05) is 12.4 Å². The maximum Gasteiger partial charge on any atom is 0.412 e. The average molecular weight is 222 g/mol. The van der Waals surface area contributed by atoms with Crippen LogP contribution in [0.4, 0.5) is 10.5 Å². The second-order valence-corrected chi connectivity index (χ2v) is 4.27. The van der Waals surface area contributed by atoms with Gasteiger partial charge in [0.2, 0.25) is 0 Å². The average Bonchev–Trinajstić information content (AvgIpc) is 2.15. The van der Waals surface area contributed by atoms with Crippen molar-refractivity contribution in [3.05, 3.63) is 24.3 Å². The van der Waals surface area contributed by atoms with E-state index in [1.807, 2.05) is 20.8 Å². The van der Waals surface area contributed by atoms with Gasteiger partial charge in [-0.15, -0.1) is 0 Å². The predicted octanol–water partition coefficient (Wildman–Crippen LogP) is 2.84. The SMILES string of the molecule is COc1[c]ccc(NC(=O)OC(C)(C)C)c1. The first-order valence-electron chi connectivity index (χ1n) is 4.96. The molecule has 1 N–H and O–H groups in total. The van der Waals surface area contributed by atoms with Crippen molar-refractivity contribution >= 4 is 11.8 Å². The molecule has 0 bridgehead atoms. The van der Waals surface area contributed by atoms with Crippen LogP contribution in [0.25, 0.3) is 0 Å². The van der Waals surface area contributed by atoms with E-state index in [0.717, 1.165) is 0 Å². The molecule has 0 aliphatic heterocycles. The maximum absolute atomic E-state index is 11.4. The van der Waals surface area contributed by atoms with Gasteiger partial charge in [0, 0.05) is 17.8 Å². The van der Waals surface area contributed by atoms with E-state index < -0.39 is 11.7 Å². The van der Waals surface area contributed by atoms with E-state index in [9.17, 15) is 4.79 Å². The molecule has 87 valence electrons. The fraction of sp³-hybridized carbons (Fsp3) is 0.417. The molecule has 16 heavy (non-hydrogen) atoms. The summed E-state index contributed by atoms with van der Waals surface area (Å²) in [6.45, 7) is 5.43. The van der Waals surface area contributed by atoms with E-state index >= 15 is 0 Å². The quantitative estimate of drug-likeness (QED) is 0.837. The van der Waals surface area contributed by atoms with Gasteiger partial charge < -0.3 is 9.47 Å². The van der Waals surface area contributed by atoms with Crippen LogP contribution in [0.5, 0.6) is 5.75 Å². The molecule has 1 radical (unpaired) electrons. The number of rotatable bonds is 2. The molecule has 0 saturated carbocycles. The molecular weight excluding hydrogens is 206 g/mol. The van der Waals surface area contributed by atoms with Crippen molar-refractivity contribution in [2.24, 2.45) is 0 Å². The summed E-state index contributed by atoms with van der Waals surface area (Å²) in [5.41, 5.74) is 0.111. The molecule has 1 amide bonds. The largest absolute Gasteiger partial charge is 0.496 e. The Morgan fingerprint density at radius 1 is 1.44 bits per heavy atom. The molecule has 1 rings (SSSR count). The predicted molar refractivity (Wildman–Crippen MR) is 61.7 cm³/mol. The summed E-state index contributed by atoms with van der Waals surface area (Å²) in [6, 6.07) is 7.92. The summed E-state index contributed by atoms with van der Waals surface area (Å²) < 4.78 is 10.1. The molecule has 0 aliphatic rings. The van der Waals surface area contributed by atoms with Gasteiger partial charge >= 0.3 is 6.09 Å². The lowest BCUT2D eigenvalue weighted by Crippen LogP contribution is -2.27. The number of hydrogen-bond donors (Lipinski definition) is 1. The smallest absolute Gasteiger partial charge is 0.412 e.